The number of aliphatic hydroxyl groups excluding tert-OH is 1. The molecule has 1 heterocycles. The number of ether oxygens (including phenoxy) is 2. The number of benzene rings is 2. The van der Waals surface area contributed by atoms with Crippen LogP contribution in [0, 0.1) is 0 Å². The first kappa shape index (κ1) is 16.3. The monoisotopic (exact) mass is 324 g/mol. The van der Waals surface area contributed by atoms with Crippen molar-refractivity contribution in [3.05, 3.63) is 70.8 Å². The zero-order chi connectivity index (χ0) is 16.9. The number of hydrogen-bond acceptors (Lipinski definition) is 4. The van der Waals surface area contributed by atoms with Gasteiger partial charge in [-0.05, 0) is 40.8 Å². The SMILES string of the molecule is COC(=O)Cc1ccc2c(c1)/C(=C\CCO)c1ccccc1CO2. The molecule has 0 bridgehead atoms. The standard InChI is InChI=1S/C20H20O4/c1-23-20(22)12-14-8-9-19-18(11-14)17(7-4-10-21)16-6-3-2-5-15(16)13-24-19/h2-3,5-9,11,21H,4,10,12-13H2,1H3/b17-7-. The van der Waals surface area contributed by atoms with Gasteiger partial charge < -0.3 is 14.6 Å². The van der Waals surface area contributed by atoms with E-state index in [0.717, 1.165) is 33.6 Å². The van der Waals surface area contributed by atoms with Crippen LogP contribution in [0.4, 0.5) is 0 Å². The summed E-state index contributed by atoms with van der Waals surface area (Å²) in [6.45, 7) is 0.583. The van der Waals surface area contributed by atoms with E-state index in [0.29, 0.717) is 13.0 Å². The minimum absolute atomic E-state index is 0.0870. The third-order valence-corrected chi connectivity index (χ3v) is 4.08. The predicted octanol–water partition coefficient (Wildman–Crippen LogP) is 3.11. The van der Waals surface area contributed by atoms with Gasteiger partial charge in [-0.1, -0.05) is 36.4 Å². The quantitative estimate of drug-likeness (QED) is 0.878. The lowest BCUT2D eigenvalue weighted by atomic mass is 9.92. The number of aliphatic hydroxyl groups is 1. The Hall–Kier alpha value is -2.59. The van der Waals surface area contributed by atoms with Crippen molar-refractivity contribution in [3.8, 4) is 5.75 Å². The van der Waals surface area contributed by atoms with Crippen molar-refractivity contribution in [2.24, 2.45) is 0 Å². The van der Waals surface area contributed by atoms with Crippen molar-refractivity contribution >= 4 is 11.5 Å². The van der Waals surface area contributed by atoms with Crippen molar-refractivity contribution in [2.75, 3.05) is 13.7 Å². The zero-order valence-electron chi connectivity index (χ0n) is 13.6. The van der Waals surface area contributed by atoms with Crippen LogP contribution in [-0.2, 0) is 22.6 Å². The molecule has 2 aromatic rings. The molecule has 0 spiro atoms. The van der Waals surface area contributed by atoms with Gasteiger partial charge in [-0.2, -0.15) is 0 Å². The third kappa shape index (κ3) is 3.34. The Bertz CT molecular complexity index is 777. The molecule has 24 heavy (non-hydrogen) atoms. The van der Waals surface area contributed by atoms with Crippen LogP contribution in [-0.4, -0.2) is 24.8 Å². The van der Waals surface area contributed by atoms with E-state index in [1.54, 1.807) is 0 Å². The second-order valence-corrected chi connectivity index (χ2v) is 5.66. The number of rotatable bonds is 4. The summed E-state index contributed by atoms with van der Waals surface area (Å²) < 4.78 is 10.7. The highest BCUT2D eigenvalue weighted by molar-refractivity contribution is 5.85. The molecule has 4 heteroatoms. The van der Waals surface area contributed by atoms with Crippen molar-refractivity contribution in [1.82, 2.24) is 0 Å². The van der Waals surface area contributed by atoms with Crippen LogP contribution < -0.4 is 4.74 Å². The van der Waals surface area contributed by atoms with Crippen LogP contribution in [0.2, 0.25) is 0 Å². The number of carbonyl (C=O) groups excluding carboxylic acids is 1. The molecule has 0 fully saturated rings. The van der Waals surface area contributed by atoms with Crippen LogP contribution >= 0.6 is 0 Å². The highest BCUT2D eigenvalue weighted by Gasteiger charge is 2.19. The number of hydrogen-bond donors (Lipinski definition) is 1. The van der Waals surface area contributed by atoms with Gasteiger partial charge in [-0.25, -0.2) is 0 Å². The van der Waals surface area contributed by atoms with Gasteiger partial charge in [0.05, 0.1) is 13.5 Å². The van der Waals surface area contributed by atoms with Gasteiger partial charge in [0.2, 0.25) is 0 Å². The number of fused-ring (bicyclic) bond motifs is 2. The van der Waals surface area contributed by atoms with E-state index < -0.39 is 0 Å². The summed E-state index contributed by atoms with van der Waals surface area (Å²) in [6, 6.07) is 13.8. The van der Waals surface area contributed by atoms with E-state index >= 15 is 0 Å². The second kappa shape index (κ2) is 7.32. The summed E-state index contributed by atoms with van der Waals surface area (Å²) >= 11 is 0. The highest BCUT2D eigenvalue weighted by Crippen LogP contribution is 2.37. The van der Waals surface area contributed by atoms with Crippen LogP contribution in [0.1, 0.15) is 28.7 Å². The molecule has 0 atom stereocenters. The number of carbonyl (C=O) groups is 1. The molecule has 0 amide bonds. The van der Waals surface area contributed by atoms with Crippen LogP contribution in [0.15, 0.2) is 48.5 Å². The minimum atomic E-state index is -0.272. The maximum Gasteiger partial charge on any atom is 0.309 e. The summed E-state index contributed by atoms with van der Waals surface area (Å²) in [5.41, 5.74) is 5.04. The van der Waals surface area contributed by atoms with Gasteiger partial charge in [-0.3, -0.25) is 4.79 Å². The molecule has 124 valence electrons. The number of esters is 1. The first-order chi connectivity index (χ1) is 11.7. The summed E-state index contributed by atoms with van der Waals surface area (Å²) in [6.07, 6.45) is 2.80. The molecule has 0 aromatic heterocycles. The Balaban J connectivity index is 2.10. The van der Waals surface area contributed by atoms with E-state index in [-0.39, 0.29) is 19.0 Å². The normalized spacial score (nSPS) is 14.3. The second-order valence-electron chi connectivity index (χ2n) is 5.66. The molecular weight excluding hydrogens is 304 g/mol. The van der Waals surface area contributed by atoms with Gasteiger partial charge >= 0.3 is 5.97 Å². The van der Waals surface area contributed by atoms with Crippen molar-refractivity contribution in [1.29, 1.82) is 0 Å². The average molecular weight is 324 g/mol. The van der Waals surface area contributed by atoms with E-state index in [4.69, 9.17) is 9.47 Å². The average Bonchev–Trinajstić information content (AvgIpc) is 2.76. The zero-order valence-corrected chi connectivity index (χ0v) is 13.6. The fraction of sp³-hybridized carbons (Fsp3) is 0.250. The smallest absolute Gasteiger partial charge is 0.309 e. The first-order valence-corrected chi connectivity index (χ1v) is 7.95. The van der Waals surface area contributed by atoms with Crippen molar-refractivity contribution in [2.45, 2.75) is 19.4 Å². The highest BCUT2D eigenvalue weighted by atomic mass is 16.5. The lowest BCUT2D eigenvalue weighted by Gasteiger charge is -2.12. The Morgan fingerprint density at radius 1 is 1.25 bits per heavy atom. The summed E-state index contributed by atoms with van der Waals surface area (Å²) in [4.78, 5) is 11.6. The van der Waals surface area contributed by atoms with Crippen molar-refractivity contribution in [3.63, 3.8) is 0 Å². The summed E-state index contributed by atoms with van der Waals surface area (Å²) in [5, 5.41) is 9.23. The molecule has 1 aliphatic heterocycles. The van der Waals surface area contributed by atoms with E-state index in [1.807, 2.05) is 42.5 Å². The van der Waals surface area contributed by atoms with E-state index in [9.17, 15) is 9.90 Å². The Morgan fingerprint density at radius 2 is 2.08 bits per heavy atom. The topological polar surface area (TPSA) is 55.8 Å². The van der Waals surface area contributed by atoms with Gasteiger partial charge in [0.15, 0.2) is 0 Å². The van der Waals surface area contributed by atoms with Gasteiger partial charge in [0, 0.05) is 12.2 Å². The molecule has 0 saturated carbocycles. The lowest BCUT2D eigenvalue weighted by molar-refractivity contribution is -0.139. The molecule has 1 aliphatic rings. The minimum Gasteiger partial charge on any atom is -0.488 e. The summed E-state index contributed by atoms with van der Waals surface area (Å²) in [5.74, 6) is 0.509. The number of methoxy groups -OCH3 is 1. The third-order valence-electron chi connectivity index (χ3n) is 4.08. The van der Waals surface area contributed by atoms with Gasteiger partial charge in [-0.15, -0.1) is 0 Å². The van der Waals surface area contributed by atoms with Crippen LogP contribution in [0.25, 0.3) is 5.57 Å². The van der Waals surface area contributed by atoms with Crippen LogP contribution in [0.3, 0.4) is 0 Å². The molecule has 3 rings (SSSR count). The Kier molecular flexibility index (Phi) is 4.96. The largest absolute Gasteiger partial charge is 0.488 e. The molecule has 0 radical (unpaired) electrons. The summed E-state index contributed by atoms with van der Waals surface area (Å²) in [7, 11) is 1.39. The van der Waals surface area contributed by atoms with Gasteiger partial charge in [0.25, 0.3) is 0 Å². The first-order valence-electron chi connectivity index (χ1n) is 7.95. The predicted molar refractivity (Wildman–Crippen MR) is 91.7 cm³/mol. The molecule has 1 N–H and O–H groups in total. The fourth-order valence-corrected chi connectivity index (χ4v) is 2.90. The molecule has 4 nitrogen and oxygen atoms in total. The van der Waals surface area contributed by atoms with E-state index in [2.05, 4.69) is 6.07 Å². The van der Waals surface area contributed by atoms with Crippen molar-refractivity contribution < 1.29 is 19.4 Å². The lowest BCUT2D eigenvalue weighted by Crippen LogP contribution is -2.05. The molecule has 2 aromatic carbocycles. The molecule has 0 unspecified atom stereocenters. The maximum absolute atomic E-state index is 11.6. The Labute approximate surface area is 141 Å². The van der Waals surface area contributed by atoms with Crippen LogP contribution in [0.5, 0.6) is 5.75 Å². The van der Waals surface area contributed by atoms with Gasteiger partial charge in [0.1, 0.15) is 12.4 Å². The molecule has 0 aliphatic carbocycles. The van der Waals surface area contributed by atoms with E-state index in [1.165, 1.54) is 7.11 Å². The maximum atomic E-state index is 11.6. The Morgan fingerprint density at radius 3 is 2.88 bits per heavy atom. The fourth-order valence-electron chi connectivity index (χ4n) is 2.90. The molecule has 0 saturated heterocycles. The molecular formula is C20H20O4.